The fraction of sp³-hybridized carbons (Fsp3) is 0.296. The van der Waals surface area contributed by atoms with Gasteiger partial charge in [-0.25, -0.2) is 17.7 Å². The molecular weight excluding hydrogens is 486 g/mol. The zero-order valence-corrected chi connectivity index (χ0v) is 21.6. The molecule has 2 aliphatic rings. The van der Waals surface area contributed by atoms with E-state index in [2.05, 4.69) is 38.1 Å². The van der Waals surface area contributed by atoms with Gasteiger partial charge in [-0.2, -0.15) is 4.98 Å². The largest absolute Gasteiger partial charge is 0.324 e. The molecule has 2 aromatic carbocycles. The first-order valence-corrected chi connectivity index (χ1v) is 13.8. The molecule has 2 aliphatic heterocycles. The number of nitrogens with one attached hydrogen (secondary N) is 3. The first kappa shape index (κ1) is 23.8. The van der Waals surface area contributed by atoms with Crippen molar-refractivity contribution in [1.82, 2.24) is 25.6 Å². The summed E-state index contributed by atoms with van der Waals surface area (Å²) in [5.41, 5.74) is 2.84. The van der Waals surface area contributed by atoms with Crippen molar-refractivity contribution in [2.75, 3.05) is 35.8 Å². The van der Waals surface area contributed by atoms with Crippen molar-refractivity contribution in [2.45, 2.75) is 30.2 Å². The summed E-state index contributed by atoms with van der Waals surface area (Å²) in [4.78, 5) is 13.7. The van der Waals surface area contributed by atoms with E-state index < -0.39 is 15.4 Å². The van der Waals surface area contributed by atoms with Gasteiger partial charge in [0.2, 0.25) is 5.95 Å². The maximum absolute atomic E-state index is 14.0. The molecule has 0 radical (unpaired) electrons. The molecule has 0 saturated carbocycles. The zero-order chi connectivity index (χ0) is 25.6. The Balaban J connectivity index is 1.32. The Morgan fingerprint density at radius 1 is 1.03 bits per heavy atom. The van der Waals surface area contributed by atoms with E-state index >= 15 is 0 Å². The minimum Gasteiger partial charge on any atom is -0.324 e. The normalized spacial score (nSPS) is 19.1. The molecule has 0 bridgehead atoms. The number of pyridine rings is 1. The van der Waals surface area contributed by atoms with Crippen LogP contribution in [0.15, 0.2) is 71.9 Å². The topological polar surface area (TPSA) is 112 Å². The molecule has 0 aliphatic carbocycles. The number of piperazine rings is 1. The third-order valence-electron chi connectivity index (χ3n) is 7.05. The van der Waals surface area contributed by atoms with Gasteiger partial charge < -0.3 is 16.0 Å². The Hall–Kier alpha value is -3.60. The third-order valence-corrected chi connectivity index (χ3v) is 8.81. The van der Waals surface area contributed by atoms with Gasteiger partial charge in [-0.1, -0.05) is 44.2 Å². The molecule has 37 heavy (non-hydrogen) atoms. The predicted octanol–water partition coefficient (Wildman–Crippen LogP) is 3.49. The predicted molar refractivity (Wildman–Crippen MR) is 145 cm³/mol. The van der Waals surface area contributed by atoms with Crippen LogP contribution >= 0.6 is 0 Å². The summed E-state index contributed by atoms with van der Waals surface area (Å²) < 4.78 is 29.3. The molecule has 1 unspecified atom stereocenters. The Morgan fingerprint density at radius 3 is 2.62 bits per heavy atom. The number of benzene rings is 2. The van der Waals surface area contributed by atoms with E-state index in [4.69, 9.17) is 4.98 Å². The van der Waals surface area contributed by atoms with Crippen molar-refractivity contribution >= 4 is 38.4 Å². The lowest BCUT2D eigenvalue weighted by Gasteiger charge is -2.25. The van der Waals surface area contributed by atoms with Crippen LogP contribution in [0.5, 0.6) is 0 Å². The maximum atomic E-state index is 14.0. The minimum absolute atomic E-state index is 0.170. The Morgan fingerprint density at radius 2 is 1.84 bits per heavy atom. The van der Waals surface area contributed by atoms with Crippen LogP contribution in [0.3, 0.4) is 0 Å². The number of anilines is 3. The van der Waals surface area contributed by atoms with Gasteiger partial charge in [-0.15, -0.1) is 0 Å². The molecule has 3 N–H and O–H groups in total. The SMILES string of the molecule is CC1(C)CN(S(=O)(=O)c2cccc3cccnc23)c2nc(Nc3ccc(C4CNCCN4)cc3)ncc21. The molecule has 1 fully saturated rings. The van der Waals surface area contributed by atoms with Gasteiger partial charge in [0.15, 0.2) is 5.82 Å². The fourth-order valence-corrected chi connectivity index (χ4v) is 6.80. The van der Waals surface area contributed by atoms with E-state index in [1.165, 1.54) is 9.87 Å². The Kier molecular flexibility index (Phi) is 5.82. The summed E-state index contributed by atoms with van der Waals surface area (Å²) in [6.07, 6.45) is 3.34. The average molecular weight is 516 g/mol. The van der Waals surface area contributed by atoms with Crippen LogP contribution in [-0.2, 0) is 15.4 Å². The van der Waals surface area contributed by atoms with Crippen molar-refractivity contribution < 1.29 is 8.42 Å². The number of sulfonamides is 1. The van der Waals surface area contributed by atoms with Gasteiger partial charge in [-0.3, -0.25) is 4.98 Å². The standard InChI is InChI=1S/C27H29N7O2S/c1-27(2)17-34(37(35,36)23-7-3-5-19-6-4-12-30-24(19)23)25-21(27)15-31-26(33-25)32-20-10-8-18(9-11-20)22-16-28-13-14-29-22/h3-12,15,22,28-29H,13-14,16-17H2,1-2H3,(H,31,32,33). The molecule has 1 saturated heterocycles. The summed E-state index contributed by atoms with van der Waals surface area (Å²) in [6, 6.07) is 17.3. The van der Waals surface area contributed by atoms with E-state index in [0.717, 1.165) is 36.3 Å². The lowest BCUT2D eigenvalue weighted by atomic mass is 9.89. The monoisotopic (exact) mass is 515 g/mol. The lowest BCUT2D eigenvalue weighted by molar-refractivity contribution is 0.430. The number of rotatable bonds is 5. The zero-order valence-electron chi connectivity index (χ0n) is 20.8. The van der Waals surface area contributed by atoms with Crippen LogP contribution in [0, 0.1) is 0 Å². The molecule has 190 valence electrons. The van der Waals surface area contributed by atoms with E-state index in [-0.39, 0.29) is 17.5 Å². The maximum Gasteiger partial charge on any atom is 0.267 e. The van der Waals surface area contributed by atoms with Gasteiger partial charge in [-0.05, 0) is 29.8 Å². The first-order chi connectivity index (χ1) is 17.8. The van der Waals surface area contributed by atoms with Crippen LogP contribution in [0.2, 0.25) is 0 Å². The quantitative estimate of drug-likeness (QED) is 0.370. The van der Waals surface area contributed by atoms with Crippen LogP contribution < -0.4 is 20.3 Å². The molecule has 9 nitrogen and oxygen atoms in total. The lowest BCUT2D eigenvalue weighted by Crippen LogP contribution is -2.42. The Bertz CT molecular complexity index is 1560. The second-order valence-electron chi connectivity index (χ2n) is 10.1. The van der Waals surface area contributed by atoms with E-state index in [1.807, 2.05) is 38.1 Å². The highest BCUT2D eigenvalue weighted by atomic mass is 32.2. The first-order valence-electron chi connectivity index (χ1n) is 12.4. The van der Waals surface area contributed by atoms with Crippen LogP contribution in [0.1, 0.15) is 31.0 Å². The molecule has 6 rings (SSSR count). The van der Waals surface area contributed by atoms with E-state index in [0.29, 0.717) is 17.3 Å². The van der Waals surface area contributed by atoms with Crippen LogP contribution in [0.25, 0.3) is 10.9 Å². The summed E-state index contributed by atoms with van der Waals surface area (Å²) in [6.45, 7) is 7.10. The molecule has 1 atom stereocenters. The van der Waals surface area contributed by atoms with Gasteiger partial charge in [0, 0.05) is 66.7 Å². The molecule has 4 aromatic rings. The van der Waals surface area contributed by atoms with Gasteiger partial charge in [0.1, 0.15) is 4.90 Å². The molecule has 4 heterocycles. The van der Waals surface area contributed by atoms with Crippen molar-refractivity contribution in [2.24, 2.45) is 0 Å². The highest BCUT2D eigenvalue weighted by molar-refractivity contribution is 7.93. The molecule has 10 heteroatoms. The molecule has 2 aromatic heterocycles. The van der Waals surface area contributed by atoms with Crippen molar-refractivity contribution in [3.8, 4) is 0 Å². The van der Waals surface area contributed by atoms with Crippen molar-refractivity contribution in [3.05, 3.63) is 78.1 Å². The smallest absolute Gasteiger partial charge is 0.267 e. The van der Waals surface area contributed by atoms with Crippen LogP contribution in [-0.4, -0.2) is 49.5 Å². The number of hydrogen-bond acceptors (Lipinski definition) is 8. The van der Waals surface area contributed by atoms with E-state index in [9.17, 15) is 8.42 Å². The molecular formula is C27H29N7O2S. The molecule has 0 amide bonds. The summed E-state index contributed by atoms with van der Waals surface area (Å²) in [7, 11) is -3.92. The molecule has 0 spiro atoms. The van der Waals surface area contributed by atoms with Gasteiger partial charge in [0.25, 0.3) is 10.0 Å². The van der Waals surface area contributed by atoms with E-state index in [1.54, 1.807) is 30.6 Å². The summed E-state index contributed by atoms with van der Waals surface area (Å²) in [5.74, 6) is 0.738. The number of nitrogens with zero attached hydrogens (tertiary/aromatic N) is 4. The highest BCUT2D eigenvalue weighted by Crippen LogP contribution is 2.42. The number of fused-ring (bicyclic) bond motifs is 2. The summed E-state index contributed by atoms with van der Waals surface area (Å²) >= 11 is 0. The number of aromatic nitrogens is 3. The van der Waals surface area contributed by atoms with Gasteiger partial charge >= 0.3 is 0 Å². The fourth-order valence-electron chi connectivity index (χ4n) is 5.04. The second-order valence-corrected chi connectivity index (χ2v) is 11.9. The van der Waals surface area contributed by atoms with Crippen molar-refractivity contribution in [1.29, 1.82) is 0 Å². The van der Waals surface area contributed by atoms with Gasteiger partial charge in [0.05, 0.1) is 5.52 Å². The van der Waals surface area contributed by atoms with Crippen molar-refractivity contribution in [3.63, 3.8) is 0 Å². The Labute approximate surface area is 216 Å². The number of hydrogen-bond donors (Lipinski definition) is 3. The average Bonchev–Trinajstić information content (AvgIpc) is 3.20. The minimum atomic E-state index is -3.92. The second kappa shape index (κ2) is 9.05. The third kappa shape index (κ3) is 4.30. The summed E-state index contributed by atoms with van der Waals surface area (Å²) in [5, 5.41) is 10.9. The highest BCUT2D eigenvalue weighted by Gasteiger charge is 2.43. The van der Waals surface area contributed by atoms with Crippen LogP contribution in [0.4, 0.5) is 17.5 Å². The number of para-hydroxylation sites is 1.